The lowest BCUT2D eigenvalue weighted by atomic mass is 10.0. The second-order valence-corrected chi connectivity index (χ2v) is 7.20. The van der Waals surface area contributed by atoms with Crippen molar-refractivity contribution in [2.24, 2.45) is 5.73 Å². The third kappa shape index (κ3) is 4.58. The smallest absolute Gasteiger partial charge is 0.312 e. The molecule has 0 radical (unpaired) electrons. The topological polar surface area (TPSA) is 84.2 Å². The van der Waals surface area contributed by atoms with Crippen LogP contribution in [-0.2, 0) is 4.79 Å². The lowest BCUT2D eigenvalue weighted by molar-refractivity contribution is -0.123. The van der Waals surface area contributed by atoms with E-state index < -0.39 is 12.1 Å². The monoisotopic (exact) mass is 339 g/mol. The van der Waals surface area contributed by atoms with Gasteiger partial charge in [-0.25, -0.2) is 4.79 Å². The van der Waals surface area contributed by atoms with Crippen molar-refractivity contribution in [2.45, 2.75) is 29.8 Å². The van der Waals surface area contributed by atoms with Gasteiger partial charge in [-0.1, -0.05) is 18.2 Å². The fraction of sp³-hybridized carbons (Fsp3) is 0.467. The van der Waals surface area contributed by atoms with Gasteiger partial charge < -0.3 is 16.4 Å². The second-order valence-electron chi connectivity index (χ2n) is 5.08. The van der Waals surface area contributed by atoms with E-state index in [4.69, 9.17) is 5.73 Å². The van der Waals surface area contributed by atoms with Gasteiger partial charge in [-0.2, -0.15) is 11.8 Å². The highest BCUT2D eigenvalue weighted by atomic mass is 32.2. The predicted octanol–water partition coefficient (Wildman–Crippen LogP) is 2.13. The first-order valence-corrected chi connectivity index (χ1v) is 9.56. The van der Waals surface area contributed by atoms with Crippen LogP contribution in [-0.4, -0.2) is 35.7 Å². The van der Waals surface area contributed by atoms with Crippen molar-refractivity contribution in [2.75, 3.05) is 17.8 Å². The first-order chi connectivity index (χ1) is 10.6. The number of nitrogens with one attached hydrogen (secondary N) is 2. The van der Waals surface area contributed by atoms with Crippen molar-refractivity contribution in [1.29, 1.82) is 0 Å². The Morgan fingerprint density at radius 1 is 1.45 bits per heavy atom. The zero-order chi connectivity index (χ0) is 15.9. The summed E-state index contributed by atoms with van der Waals surface area (Å²) in [6, 6.07) is 6.86. The number of urea groups is 1. The molecule has 120 valence electrons. The summed E-state index contributed by atoms with van der Waals surface area (Å²) >= 11 is 3.44. The molecule has 1 heterocycles. The van der Waals surface area contributed by atoms with Crippen LogP contribution in [0.1, 0.15) is 24.4 Å². The minimum atomic E-state index is -0.666. The lowest BCUT2D eigenvalue weighted by Gasteiger charge is -2.27. The average molecular weight is 339 g/mol. The molecule has 3 amide bonds. The maximum atomic E-state index is 12.5. The van der Waals surface area contributed by atoms with Crippen LogP contribution in [0.5, 0.6) is 0 Å². The van der Waals surface area contributed by atoms with E-state index in [2.05, 4.69) is 16.7 Å². The highest BCUT2D eigenvalue weighted by Crippen LogP contribution is 2.35. The van der Waals surface area contributed by atoms with Gasteiger partial charge in [0.25, 0.3) is 0 Å². The zero-order valence-electron chi connectivity index (χ0n) is 12.5. The van der Waals surface area contributed by atoms with Crippen LogP contribution < -0.4 is 16.4 Å². The second kappa shape index (κ2) is 8.33. The lowest BCUT2D eigenvalue weighted by Crippen LogP contribution is -2.49. The Hall–Kier alpha value is -1.34. The molecule has 0 saturated heterocycles. The standard InChI is InChI=1S/C15H21N3O2S2/c1-21-8-6-12(18-15(16)20)14(19)17-11-7-9-22-13-5-3-2-4-10(11)13/h2-5,11-12H,6-9H2,1H3,(H,17,19)(H3,16,18,20)/t11-,12-/m1/s1. The van der Waals surface area contributed by atoms with Crippen LogP contribution in [0.4, 0.5) is 4.79 Å². The van der Waals surface area contributed by atoms with Crippen LogP contribution in [0.25, 0.3) is 0 Å². The molecule has 2 atom stereocenters. The Labute approximate surface area is 139 Å². The van der Waals surface area contributed by atoms with E-state index in [0.29, 0.717) is 6.42 Å². The van der Waals surface area contributed by atoms with E-state index in [1.807, 2.05) is 36.2 Å². The van der Waals surface area contributed by atoms with Crippen LogP contribution >= 0.6 is 23.5 Å². The van der Waals surface area contributed by atoms with Crippen molar-refractivity contribution >= 4 is 35.5 Å². The summed E-state index contributed by atoms with van der Waals surface area (Å²) in [6.45, 7) is 0. The number of nitrogens with two attached hydrogens (primary N) is 1. The van der Waals surface area contributed by atoms with E-state index in [-0.39, 0.29) is 11.9 Å². The molecular weight excluding hydrogens is 318 g/mol. The number of primary amides is 1. The van der Waals surface area contributed by atoms with Gasteiger partial charge in [-0.15, -0.1) is 11.8 Å². The number of hydrogen-bond donors (Lipinski definition) is 3. The molecule has 0 saturated carbocycles. The Kier molecular flexibility index (Phi) is 6.45. The maximum absolute atomic E-state index is 12.5. The van der Waals surface area contributed by atoms with Gasteiger partial charge in [-0.05, 0) is 36.5 Å². The number of carbonyl (C=O) groups excluding carboxylic acids is 2. The summed E-state index contributed by atoms with van der Waals surface area (Å²) in [5.41, 5.74) is 6.32. The normalized spacial score (nSPS) is 18.1. The van der Waals surface area contributed by atoms with Crippen molar-refractivity contribution in [3.05, 3.63) is 29.8 Å². The summed E-state index contributed by atoms with van der Waals surface area (Å²) in [4.78, 5) is 24.8. The van der Waals surface area contributed by atoms with E-state index in [0.717, 1.165) is 23.5 Å². The molecule has 0 aromatic heterocycles. The molecule has 0 bridgehead atoms. The molecule has 0 unspecified atom stereocenters. The van der Waals surface area contributed by atoms with Crippen LogP contribution in [0, 0.1) is 0 Å². The molecule has 1 aromatic rings. The number of thioether (sulfide) groups is 2. The van der Waals surface area contributed by atoms with Crippen LogP contribution in [0.3, 0.4) is 0 Å². The van der Waals surface area contributed by atoms with Crippen molar-refractivity contribution in [3.63, 3.8) is 0 Å². The molecule has 7 heteroatoms. The minimum absolute atomic E-state index is 0.00333. The first kappa shape index (κ1) is 17.0. The molecule has 22 heavy (non-hydrogen) atoms. The van der Waals surface area contributed by atoms with Crippen molar-refractivity contribution in [1.82, 2.24) is 10.6 Å². The molecular formula is C15H21N3O2S2. The molecule has 1 aliphatic rings. The third-order valence-corrected chi connectivity index (χ3v) is 5.29. The predicted molar refractivity (Wildman–Crippen MR) is 92.2 cm³/mol. The van der Waals surface area contributed by atoms with Crippen LogP contribution in [0.15, 0.2) is 29.2 Å². The summed E-state index contributed by atoms with van der Waals surface area (Å²) in [5, 5.41) is 5.59. The Morgan fingerprint density at radius 3 is 2.95 bits per heavy atom. The summed E-state index contributed by atoms with van der Waals surface area (Å²) in [7, 11) is 0. The Bertz CT molecular complexity index is 539. The molecule has 4 N–H and O–H groups in total. The summed E-state index contributed by atoms with van der Waals surface area (Å²) in [5.74, 6) is 1.59. The largest absolute Gasteiger partial charge is 0.352 e. The highest BCUT2D eigenvalue weighted by Gasteiger charge is 2.26. The van der Waals surface area contributed by atoms with Crippen LogP contribution in [0.2, 0.25) is 0 Å². The fourth-order valence-corrected chi connectivity index (χ4v) is 4.04. The number of hydrogen-bond acceptors (Lipinski definition) is 4. The zero-order valence-corrected chi connectivity index (χ0v) is 14.1. The maximum Gasteiger partial charge on any atom is 0.312 e. The number of carbonyl (C=O) groups is 2. The van der Waals surface area contributed by atoms with Gasteiger partial charge in [0.2, 0.25) is 5.91 Å². The fourth-order valence-electron chi connectivity index (χ4n) is 2.44. The molecule has 0 fully saturated rings. The van der Waals surface area contributed by atoms with Gasteiger partial charge in [0, 0.05) is 10.6 Å². The molecule has 0 aliphatic carbocycles. The molecule has 2 rings (SSSR count). The Balaban J connectivity index is 2.05. The van der Waals surface area contributed by atoms with Gasteiger partial charge in [-0.3, -0.25) is 4.79 Å². The van der Waals surface area contributed by atoms with E-state index in [1.165, 1.54) is 4.90 Å². The summed E-state index contributed by atoms with van der Waals surface area (Å²) in [6.07, 6.45) is 3.42. The molecule has 0 spiro atoms. The quantitative estimate of drug-likeness (QED) is 0.741. The number of benzene rings is 1. The van der Waals surface area contributed by atoms with Crippen molar-refractivity contribution < 1.29 is 9.59 Å². The minimum Gasteiger partial charge on any atom is -0.352 e. The molecule has 1 aromatic carbocycles. The SMILES string of the molecule is CSCC[C@@H](NC(N)=O)C(=O)N[C@@H]1CCSc2ccccc21. The van der Waals surface area contributed by atoms with Gasteiger partial charge in [0.05, 0.1) is 6.04 Å². The highest BCUT2D eigenvalue weighted by molar-refractivity contribution is 7.99. The number of fused-ring (bicyclic) bond motifs is 1. The van der Waals surface area contributed by atoms with E-state index in [1.54, 1.807) is 11.8 Å². The Morgan fingerprint density at radius 2 is 2.23 bits per heavy atom. The average Bonchev–Trinajstić information content (AvgIpc) is 2.51. The van der Waals surface area contributed by atoms with Crippen molar-refractivity contribution in [3.8, 4) is 0 Å². The third-order valence-electron chi connectivity index (χ3n) is 3.52. The summed E-state index contributed by atoms with van der Waals surface area (Å²) < 4.78 is 0. The van der Waals surface area contributed by atoms with Gasteiger partial charge in [0.1, 0.15) is 6.04 Å². The van der Waals surface area contributed by atoms with Gasteiger partial charge >= 0.3 is 6.03 Å². The first-order valence-electron chi connectivity index (χ1n) is 7.19. The van der Waals surface area contributed by atoms with E-state index >= 15 is 0 Å². The molecule has 1 aliphatic heterocycles. The number of rotatable bonds is 6. The van der Waals surface area contributed by atoms with E-state index in [9.17, 15) is 9.59 Å². The molecule has 5 nitrogen and oxygen atoms in total. The number of amides is 3. The van der Waals surface area contributed by atoms with Gasteiger partial charge in [0.15, 0.2) is 0 Å².